The number of halogens is 5. The Bertz CT molecular complexity index is 951. The molecule has 1 atom stereocenters. The van der Waals surface area contributed by atoms with E-state index in [9.17, 15) is 28.1 Å². The molecule has 29 heavy (non-hydrogen) atoms. The van der Waals surface area contributed by atoms with Gasteiger partial charge in [0, 0.05) is 18.7 Å². The van der Waals surface area contributed by atoms with Gasteiger partial charge >= 0.3 is 6.18 Å². The summed E-state index contributed by atoms with van der Waals surface area (Å²) >= 11 is 12.0. The van der Waals surface area contributed by atoms with Crippen LogP contribution in [0.2, 0.25) is 10.0 Å². The topological polar surface area (TPSA) is 72.7 Å². The first-order chi connectivity index (χ1) is 13.6. The third kappa shape index (κ3) is 4.63. The highest BCUT2D eigenvalue weighted by atomic mass is 35.5. The smallest absolute Gasteiger partial charge is 0.370 e. The van der Waals surface area contributed by atoms with Crippen LogP contribution >= 0.6 is 23.2 Å². The number of alkyl halides is 3. The van der Waals surface area contributed by atoms with E-state index in [4.69, 9.17) is 27.9 Å². The van der Waals surface area contributed by atoms with E-state index in [0.717, 1.165) is 24.3 Å². The second-order valence-corrected chi connectivity index (χ2v) is 7.06. The van der Waals surface area contributed by atoms with Gasteiger partial charge in [0.05, 0.1) is 39.2 Å². The number of nitrogens with zero attached hydrogens (tertiary/aromatic N) is 2. The van der Waals surface area contributed by atoms with Crippen LogP contribution in [-0.4, -0.2) is 35.4 Å². The quantitative estimate of drug-likeness (QED) is 0.481. The van der Waals surface area contributed by atoms with E-state index in [1.54, 1.807) is 0 Å². The largest absolute Gasteiger partial charge is 0.416 e. The molecule has 1 heterocycles. The van der Waals surface area contributed by atoms with E-state index < -0.39 is 28.7 Å². The summed E-state index contributed by atoms with van der Waals surface area (Å²) in [6, 6.07) is 6.55. The fourth-order valence-corrected chi connectivity index (χ4v) is 3.33. The molecule has 3 rings (SSSR count). The molecule has 0 unspecified atom stereocenters. The summed E-state index contributed by atoms with van der Waals surface area (Å²) in [6.45, 7) is 0.366. The summed E-state index contributed by atoms with van der Waals surface area (Å²) in [4.78, 5) is 24.6. The van der Waals surface area contributed by atoms with Crippen molar-refractivity contribution < 1.29 is 27.6 Å². The monoisotopic (exact) mass is 448 g/mol. The first-order valence-corrected chi connectivity index (χ1v) is 9.05. The molecule has 2 aromatic carbocycles. The van der Waals surface area contributed by atoms with Crippen LogP contribution in [0.1, 0.15) is 27.6 Å². The van der Waals surface area contributed by atoms with E-state index >= 15 is 0 Å². The molecule has 6 nitrogen and oxygen atoms in total. The van der Waals surface area contributed by atoms with Gasteiger partial charge in [0.1, 0.15) is 6.10 Å². The number of morpholine rings is 1. The van der Waals surface area contributed by atoms with Gasteiger partial charge in [0.2, 0.25) is 0 Å². The minimum absolute atomic E-state index is 0.0425. The van der Waals surface area contributed by atoms with Gasteiger partial charge in [0.25, 0.3) is 11.6 Å². The molecule has 154 valence electrons. The summed E-state index contributed by atoms with van der Waals surface area (Å²) < 4.78 is 43.7. The summed E-state index contributed by atoms with van der Waals surface area (Å²) in [5.41, 5.74) is -0.823. The molecule has 0 saturated carbocycles. The van der Waals surface area contributed by atoms with E-state index in [1.165, 1.54) is 17.0 Å². The molecule has 0 bridgehead atoms. The summed E-state index contributed by atoms with van der Waals surface area (Å²) in [7, 11) is 0. The Hall–Kier alpha value is -2.36. The zero-order valence-electron chi connectivity index (χ0n) is 14.6. The highest BCUT2D eigenvalue weighted by Crippen LogP contribution is 2.34. The molecule has 0 aliphatic carbocycles. The van der Waals surface area contributed by atoms with Crippen molar-refractivity contribution in [2.24, 2.45) is 0 Å². The van der Waals surface area contributed by atoms with E-state index in [-0.39, 0.29) is 41.0 Å². The number of carbonyl (C=O) groups is 1. The van der Waals surface area contributed by atoms with Crippen molar-refractivity contribution in [1.82, 2.24) is 4.90 Å². The number of amides is 1. The zero-order valence-corrected chi connectivity index (χ0v) is 16.1. The number of carbonyl (C=O) groups excluding carboxylic acids is 1. The molecule has 1 aliphatic heterocycles. The van der Waals surface area contributed by atoms with E-state index in [2.05, 4.69) is 0 Å². The molecule has 2 aromatic rings. The van der Waals surface area contributed by atoms with Crippen LogP contribution in [0.4, 0.5) is 18.9 Å². The van der Waals surface area contributed by atoms with Crippen molar-refractivity contribution in [2.75, 3.05) is 19.7 Å². The summed E-state index contributed by atoms with van der Waals surface area (Å²) in [5.74, 6) is -0.583. The number of ether oxygens (including phenoxy) is 1. The molecule has 0 aromatic heterocycles. The number of rotatable bonds is 3. The standard InChI is InChI=1S/C18H13Cl2F3N2O4/c19-14-8-12(25(27)28)7-13(16(14)20)17(26)24-5-6-29-15(9-24)10-1-3-11(4-2-10)18(21,22)23/h1-4,7-8,15H,5-6,9H2/t15-/m0/s1. The molecule has 11 heteroatoms. The fraction of sp³-hybridized carbons (Fsp3) is 0.278. The third-order valence-electron chi connectivity index (χ3n) is 4.42. The maximum Gasteiger partial charge on any atom is 0.416 e. The lowest BCUT2D eigenvalue weighted by Crippen LogP contribution is -2.42. The lowest BCUT2D eigenvalue weighted by atomic mass is 10.0. The van der Waals surface area contributed by atoms with Crippen LogP contribution in [-0.2, 0) is 10.9 Å². The van der Waals surface area contributed by atoms with Gasteiger partial charge in [0.15, 0.2) is 0 Å². The average molecular weight is 449 g/mol. The van der Waals surface area contributed by atoms with Crippen molar-refractivity contribution in [3.05, 3.63) is 73.2 Å². The van der Waals surface area contributed by atoms with Crippen molar-refractivity contribution in [2.45, 2.75) is 12.3 Å². The van der Waals surface area contributed by atoms with Crippen molar-refractivity contribution >= 4 is 34.8 Å². The van der Waals surface area contributed by atoms with Gasteiger partial charge in [-0.05, 0) is 17.7 Å². The van der Waals surface area contributed by atoms with Crippen LogP contribution in [0.5, 0.6) is 0 Å². The second-order valence-electron chi connectivity index (χ2n) is 6.28. The van der Waals surface area contributed by atoms with E-state index in [1.807, 2.05) is 0 Å². The predicted octanol–water partition coefficient (Wildman–Crippen LogP) is 5.13. The number of nitro benzene ring substituents is 1. The van der Waals surface area contributed by atoms with Crippen molar-refractivity contribution in [3.63, 3.8) is 0 Å². The minimum Gasteiger partial charge on any atom is -0.370 e. The number of non-ortho nitro benzene ring substituents is 1. The Kier molecular flexibility index (Phi) is 6.02. The molecule has 1 saturated heterocycles. The summed E-state index contributed by atoms with van der Waals surface area (Å²) in [5, 5.41) is 10.8. The molecule has 1 aliphatic rings. The van der Waals surface area contributed by atoms with Gasteiger partial charge in [-0.1, -0.05) is 35.3 Å². The van der Waals surface area contributed by atoms with Gasteiger partial charge in [-0.15, -0.1) is 0 Å². The van der Waals surface area contributed by atoms with Crippen LogP contribution in [0.15, 0.2) is 36.4 Å². The van der Waals surface area contributed by atoms with Gasteiger partial charge in [-0.3, -0.25) is 14.9 Å². The maximum absolute atomic E-state index is 12.9. The van der Waals surface area contributed by atoms with Crippen molar-refractivity contribution in [3.8, 4) is 0 Å². The fourth-order valence-electron chi connectivity index (χ4n) is 2.93. The molecule has 1 amide bonds. The Morgan fingerprint density at radius 2 is 1.86 bits per heavy atom. The molecule has 0 spiro atoms. The Morgan fingerprint density at radius 1 is 1.21 bits per heavy atom. The van der Waals surface area contributed by atoms with Gasteiger partial charge in [-0.2, -0.15) is 13.2 Å². The molecular weight excluding hydrogens is 436 g/mol. The maximum atomic E-state index is 12.9. The first-order valence-electron chi connectivity index (χ1n) is 8.29. The lowest BCUT2D eigenvalue weighted by molar-refractivity contribution is -0.384. The average Bonchev–Trinajstić information content (AvgIpc) is 2.69. The number of hydrogen-bond donors (Lipinski definition) is 0. The Labute approximate surface area is 172 Å². The summed E-state index contributed by atoms with van der Waals surface area (Å²) in [6.07, 6.45) is -5.10. The van der Waals surface area contributed by atoms with Crippen LogP contribution in [0.25, 0.3) is 0 Å². The van der Waals surface area contributed by atoms with Gasteiger partial charge < -0.3 is 9.64 Å². The minimum atomic E-state index is -4.45. The van der Waals surface area contributed by atoms with Crippen LogP contribution in [0.3, 0.4) is 0 Å². The SMILES string of the molecule is O=C(c1cc([N+](=O)[O-])cc(Cl)c1Cl)N1CCO[C@H](c2ccc(C(F)(F)F)cc2)C1. The number of benzene rings is 2. The Balaban J connectivity index is 1.82. The third-order valence-corrected chi connectivity index (χ3v) is 5.22. The second kappa shape index (κ2) is 8.17. The van der Waals surface area contributed by atoms with E-state index in [0.29, 0.717) is 5.56 Å². The van der Waals surface area contributed by atoms with Gasteiger partial charge in [-0.25, -0.2) is 0 Å². The van der Waals surface area contributed by atoms with Crippen LogP contribution < -0.4 is 0 Å². The number of hydrogen-bond acceptors (Lipinski definition) is 4. The molecule has 0 N–H and O–H groups in total. The molecule has 0 radical (unpaired) electrons. The van der Waals surface area contributed by atoms with Crippen LogP contribution in [0, 0.1) is 10.1 Å². The molecule has 1 fully saturated rings. The first kappa shape index (κ1) is 21.4. The zero-order chi connectivity index (χ0) is 21.3. The molecular formula is C18H13Cl2F3N2O4. The van der Waals surface area contributed by atoms with Crippen molar-refractivity contribution in [1.29, 1.82) is 0 Å². The lowest BCUT2D eigenvalue weighted by Gasteiger charge is -2.33. The highest BCUT2D eigenvalue weighted by molar-refractivity contribution is 6.44. The predicted molar refractivity (Wildman–Crippen MR) is 99.2 cm³/mol. The highest BCUT2D eigenvalue weighted by Gasteiger charge is 2.32. The Morgan fingerprint density at radius 3 is 2.45 bits per heavy atom. The number of nitro groups is 1. The normalized spacial score (nSPS) is 17.3.